The van der Waals surface area contributed by atoms with Gasteiger partial charge in [-0.15, -0.1) is 0 Å². The van der Waals surface area contributed by atoms with Crippen molar-refractivity contribution >= 4 is 6.08 Å². The van der Waals surface area contributed by atoms with Gasteiger partial charge < -0.3 is 0 Å². The van der Waals surface area contributed by atoms with E-state index < -0.39 is 0 Å². The lowest BCUT2D eigenvalue weighted by molar-refractivity contribution is 0.0270. The lowest BCUT2D eigenvalue weighted by Crippen LogP contribution is -2.48. The van der Waals surface area contributed by atoms with Crippen molar-refractivity contribution in [2.45, 2.75) is 5.92 Å². The summed E-state index contributed by atoms with van der Waals surface area (Å²) >= 11 is 0. The molecule has 0 amide bonds. The molecule has 0 aliphatic heterocycles. The van der Waals surface area contributed by atoms with E-state index in [9.17, 15) is 0 Å². The first-order valence-corrected chi connectivity index (χ1v) is 9.60. The van der Waals surface area contributed by atoms with Crippen LogP contribution in [-0.4, -0.2) is 9.78 Å². The summed E-state index contributed by atoms with van der Waals surface area (Å²) in [6.45, 7) is 0. The third-order valence-electron chi connectivity index (χ3n) is 7.54. The van der Waals surface area contributed by atoms with E-state index in [1.165, 1.54) is 11.3 Å². The number of hydrogen-bond donors (Lipinski definition) is 0. The summed E-state index contributed by atoms with van der Waals surface area (Å²) in [6.07, 6.45) is 17.1. The zero-order chi connectivity index (χ0) is 16.1. The quantitative estimate of drug-likeness (QED) is 0.708. The van der Waals surface area contributed by atoms with Gasteiger partial charge in [-0.1, -0.05) is 48.6 Å². The highest BCUT2D eigenvalue weighted by molar-refractivity contribution is 5.58. The van der Waals surface area contributed by atoms with E-state index in [2.05, 4.69) is 77.7 Å². The number of allylic oxidation sites excluding steroid dienone is 5. The molecule has 2 fully saturated rings. The zero-order valence-corrected chi connectivity index (χ0v) is 13.9. The lowest BCUT2D eigenvalue weighted by Gasteiger charge is -2.54. The van der Waals surface area contributed by atoms with Crippen LogP contribution in [0.1, 0.15) is 17.2 Å². The largest absolute Gasteiger partial charge is 0.240 e. The van der Waals surface area contributed by atoms with Gasteiger partial charge in [0.05, 0.1) is 11.4 Å². The van der Waals surface area contributed by atoms with Crippen molar-refractivity contribution in [3.8, 4) is 5.69 Å². The average molecular weight is 324 g/mol. The van der Waals surface area contributed by atoms with Crippen molar-refractivity contribution in [1.82, 2.24) is 9.78 Å². The van der Waals surface area contributed by atoms with Gasteiger partial charge in [0, 0.05) is 11.8 Å². The first-order valence-electron chi connectivity index (χ1n) is 9.60. The predicted molar refractivity (Wildman–Crippen MR) is 98.0 cm³/mol. The molecule has 8 rings (SSSR count). The molecule has 0 radical (unpaired) electrons. The topological polar surface area (TPSA) is 17.8 Å². The molecule has 25 heavy (non-hydrogen) atoms. The van der Waals surface area contributed by atoms with Gasteiger partial charge >= 0.3 is 0 Å². The van der Waals surface area contributed by atoms with Crippen LogP contribution in [0.2, 0.25) is 0 Å². The Kier molecular flexibility index (Phi) is 2.19. The Morgan fingerprint density at radius 1 is 0.760 bits per heavy atom. The van der Waals surface area contributed by atoms with Crippen molar-refractivity contribution < 1.29 is 0 Å². The molecule has 4 bridgehead atoms. The maximum Gasteiger partial charge on any atom is 0.0887 e. The van der Waals surface area contributed by atoms with Crippen molar-refractivity contribution in [1.29, 1.82) is 0 Å². The molecular weight excluding hydrogens is 304 g/mol. The third kappa shape index (κ3) is 1.50. The number of rotatable bonds is 1. The molecule has 2 aromatic rings. The van der Waals surface area contributed by atoms with Crippen LogP contribution in [0, 0.1) is 41.4 Å². The summed E-state index contributed by atoms with van der Waals surface area (Å²) in [6, 6.07) is 10.5. The fourth-order valence-corrected chi connectivity index (χ4v) is 6.47. The van der Waals surface area contributed by atoms with Crippen LogP contribution in [0.4, 0.5) is 0 Å². The van der Waals surface area contributed by atoms with Crippen molar-refractivity contribution in [2.24, 2.45) is 41.4 Å². The van der Waals surface area contributed by atoms with Crippen molar-refractivity contribution in [2.75, 3.05) is 0 Å². The van der Waals surface area contributed by atoms with Crippen LogP contribution in [0.25, 0.3) is 11.8 Å². The van der Waals surface area contributed by atoms with E-state index in [-0.39, 0.29) is 0 Å². The van der Waals surface area contributed by atoms with Crippen LogP contribution in [0.15, 0.2) is 66.9 Å². The molecule has 6 aliphatic rings. The molecule has 1 aromatic heterocycles. The maximum absolute atomic E-state index is 4.89. The van der Waals surface area contributed by atoms with Crippen LogP contribution < -0.4 is 0 Å². The Balaban J connectivity index is 1.33. The van der Waals surface area contributed by atoms with Crippen LogP contribution in [-0.2, 0) is 0 Å². The van der Waals surface area contributed by atoms with Crippen LogP contribution in [0.3, 0.4) is 0 Å². The summed E-state index contributed by atoms with van der Waals surface area (Å²) < 4.78 is 2.08. The highest BCUT2D eigenvalue weighted by Crippen LogP contribution is 2.72. The number of hydrogen-bond acceptors (Lipinski definition) is 1. The monoisotopic (exact) mass is 324 g/mol. The molecule has 2 unspecified atom stereocenters. The zero-order valence-electron chi connectivity index (χ0n) is 13.9. The summed E-state index contributed by atoms with van der Waals surface area (Å²) in [5.74, 6) is 6.20. The smallest absolute Gasteiger partial charge is 0.0887 e. The number of aromatic nitrogens is 2. The summed E-state index contributed by atoms with van der Waals surface area (Å²) in [5, 5.41) is 4.89. The van der Waals surface area contributed by atoms with Gasteiger partial charge in [-0.25, -0.2) is 4.68 Å². The van der Waals surface area contributed by atoms with Crippen molar-refractivity contribution in [3.05, 3.63) is 78.2 Å². The number of nitrogens with zero attached hydrogens (tertiary/aromatic N) is 2. The van der Waals surface area contributed by atoms with E-state index >= 15 is 0 Å². The first-order chi connectivity index (χ1) is 12.4. The molecule has 0 N–H and O–H groups in total. The minimum absolute atomic E-state index is 0.654. The highest BCUT2D eigenvalue weighted by Gasteiger charge is 2.66. The average Bonchev–Trinajstić information content (AvgIpc) is 3.25. The SMILES string of the molecule is C1=C[C@@H]2[C@H](c3cn(-c4ccccc4)nc31)[C@H]1C3[C@H]4C=CC(C=C[C@@H]34)[C@H]21. The van der Waals surface area contributed by atoms with Crippen LogP contribution in [0.5, 0.6) is 0 Å². The molecule has 6 aliphatic carbocycles. The second kappa shape index (κ2) is 4.24. The molecule has 2 nitrogen and oxygen atoms in total. The summed E-state index contributed by atoms with van der Waals surface area (Å²) in [7, 11) is 0. The second-order valence-electron chi connectivity index (χ2n) is 8.45. The van der Waals surface area contributed by atoms with Gasteiger partial charge in [0.25, 0.3) is 0 Å². The standard InChI is InChI=1S/C23H20N2/c1-2-4-14(5-3-1)25-12-18-19(24-25)11-10-17-20-13-6-8-15-16(9-7-13)21(15)23(20)22(17)18/h1-13,15-17,20-23H/t13?,15-,16+,17-,20+,21?,22+,23+/m0/s1. The second-order valence-corrected chi connectivity index (χ2v) is 8.45. The minimum Gasteiger partial charge on any atom is -0.240 e. The van der Waals surface area contributed by atoms with Gasteiger partial charge in [0.1, 0.15) is 0 Å². The summed E-state index contributed by atoms with van der Waals surface area (Å²) in [4.78, 5) is 0. The normalized spacial score (nSPS) is 43.5. The number of benzene rings is 1. The Bertz CT molecular complexity index is 943. The van der Waals surface area contributed by atoms with E-state index in [0.29, 0.717) is 17.8 Å². The van der Waals surface area contributed by atoms with Gasteiger partial charge in [-0.05, 0) is 65.6 Å². The number of fused-ring (bicyclic) bond motifs is 3. The van der Waals surface area contributed by atoms with E-state index in [1.54, 1.807) is 0 Å². The minimum atomic E-state index is 0.654. The molecule has 1 heterocycles. The van der Waals surface area contributed by atoms with E-state index in [0.717, 1.165) is 35.3 Å². The molecule has 2 saturated carbocycles. The van der Waals surface area contributed by atoms with Gasteiger partial charge in [-0.3, -0.25) is 0 Å². The van der Waals surface area contributed by atoms with Gasteiger partial charge in [0.2, 0.25) is 0 Å². The van der Waals surface area contributed by atoms with E-state index in [4.69, 9.17) is 5.10 Å². The van der Waals surface area contributed by atoms with Gasteiger partial charge in [0.15, 0.2) is 0 Å². The Hall–Kier alpha value is -2.35. The Morgan fingerprint density at radius 2 is 1.56 bits per heavy atom. The fourth-order valence-electron chi connectivity index (χ4n) is 6.47. The fraction of sp³-hybridized carbons (Fsp3) is 0.348. The van der Waals surface area contributed by atoms with E-state index in [1.807, 2.05) is 0 Å². The molecule has 1 aromatic carbocycles. The first kappa shape index (κ1) is 12.9. The maximum atomic E-state index is 4.89. The van der Waals surface area contributed by atoms with Crippen LogP contribution >= 0.6 is 0 Å². The molecule has 0 spiro atoms. The highest BCUT2D eigenvalue weighted by atomic mass is 15.3. The molecular formula is C23H20N2. The van der Waals surface area contributed by atoms with Gasteiger partial charge in [-0.2, -0.15) is 5.10 Å². The van der Waals surface area contributed by atoms with Crippen molar-refractivity contribution in [3.63, 3.8) is 0 Å². The molecule has 0 saturated heterocycles. The molecule has 8 atom stereocenters. The third-order valence-corrected chi connectivity index (χ3v) is 7.54. The lowest BCUT2D eigenvalue weighted by atomic mass is 9.49. The molecule has 2 heteroatoms. The predicted octanol–water partition coefficient (Wildman–Crippen LogP) is 4.46. The number of para-hydroxylation sites is 1. The molecule has 122 valence electrons. The summed E-state index contributed by atoms with van der Waals surface area (Å²) in [5.41, 5.74) is 3.84. The Labute approximate surface area is 147 Å². The Morgan fingerprint density at radius 3 is 2.36 bits per heavy atom.